The van der Waals surface area contributed by atoms with Crippen molar-refractivity contribution in [1.29, 1.82) is 0 Å². The van der Waals surface area contributed by atoms with Gasteiger partial charge in [-0.3, -0.25) is 0 Å². The van der Waals surface area contributed by atoms with E-state index in [9.17, 15) is 23.1 Å². The minimum Gasteiger partial charge on any atom is -0.530 e. The molecule has 1 aliphatic heterocycles. The van der Waals surface area contributed by atoms with Crippen LogP contribution in [-0.4, -0.2) is 44.2 Å². The fourth-order valence-electron chi connectivity index (χ4n) is 2.42. The first-order valence-corrected chi connectivity index (χ1v) is 6.86. The van der Waals surface area contributed by atoms with Gasteiger partial charge in [0.1, 0.15) is 6.09 Å². The van der Waals surface area contributed by atoms with E-state index in [0.717, 1.165) is 6.07 Å². The molecule has 1 N–H and O–H groups in total. The summed E-state index contributed by atoms with van der Waals surface area (Å²) in [6.45, 7) is 2.23. The first-order chi connectivity index (χ1) is 10.3. The zero-order valence-electron chi connectivity index (χ0n) is 12.1. The molecule has 0 aliphatic carbocycles. The molecule has 0 aromatic heterocycles. The number of carboxylic acid groups (broad SMARTS) is 1. The lowest BCUT2D eigenvalue weighted by atomic mass is 10.1. The van der Waals surface area contributed by atoms with Crippen LogP contribution in [0.4, 0.5) is 23.7 Å². The Morgan fingerprint density at radius 1 is 1.27 bits per heavy atom. The molecule has 0 unspecified atom stereocenters. The number of halogens is 3. The highest BCUT2D eigenvalue weighted by Gasteiger charge is 2.35. The maximum Gasteiger partial charge on any atom is 0.418 e. The standard InChI is InChI=1S/C14H18F3N3O2/c1-19-4-6-20(7-5-19)12-3-2-10(9-18-13(21)22)8-11(12)14(15,16)17/h2-3,8,18H,4-7,9H2,1H3,(H,21,22)/p-1. The van der Waals surface area contributed by atoms with Crippen LogP contribution in [0.15, 0.2) is 18.2 Å². The molecule has 5 nitrogen and oxygen atoms in total. The second-order valence-corrected chi connectivity index (χ2v) is 5.28. The normalized spacial score (nSPS) is 16.6. The average Bonchev–Trinajstić information content (AvgIpc) is 2.45. The van der Waals surface area contributed by atoms with Crippen molar-refractivity contribution >= 4 is 11.8 Å². The van der Waals surface area contributed by atoms with Crippen molar-refractivity contribution in [2.24, 2.45) is 0 Å². The third kappa shape index (κ3) is 4.03. The van der Waals surface area contributed by atoms with Gasteiger partial charge in [-0.1, -0.05) is 6.07 Å². The van der Waals surface area contributed by atoms with Crippen molar-refractivity contribution < 1.29 is 23.1 Å². The molecule has 1 saturated heterocycles. The van der Waals surface area contributed by atoms with Crippen molar-refractivity contribution in [2.45, 2.75) is 12.7 Å². The summed E-state index contributed by atoms with van der Waals surface area (Å²) < 4.78 is 39.8. The molecule has 1 amide bonds. The van der Waals surface area contributed by atoms with Gasteiger partial charge in [-0.2, -0.15) is 13.2 Å². The van der Waals surface area contributed by atoms with E-state index in [4.69, 9.17) is 0 Å². The number of hydrogen-bond donors (Lipinski definition) is 1. The van der Waals surface area contributed by atoms with Gasteiger partial charge in [-0.05, 0) is 24.7 Å². The van der Waals surface area contributed by atoms with Crippen LogP contribution in [0, 0.1) is 0 Å². The summed E-state index contributed by atoms with van der Waals surface area (Å²) in [6, 6.07) is 3.89. The van der Waals surface area contributed by atoms with Gasteiger partial charge in [0.05, 0.1) is 5.56 Å². The Kier molecular flexibility index (Phi) is 4.80. The first kappa shape index (κ1) is 16.4. The fourth-order valence-corrected chi connectivity index (χ4v) is 2.42. The van der Waals surface area contributed by atoms with E-state index in [1.54, 1.807) is 4.90 Å². The van der Waals surface area contributed by atoms with Crippen molar-refractivity contribution in [3.63, 3.8) is 0 Å². The maximum atomic E-state index is 13.3. The van der Waals surface area contributed by atoms with Crippen LogP contribution in [-0.2, 0) is 12.7 Å². The Bertz CT molecular complexity index is 541. The second-order valence-electron chi connectivity index (χ2n) is 5.28. The lowest BCUT2D eigenvalue weighted by Gasteiger charge is -2.35. The number of benzene rings is 1. The molecule has 2 rings (SSSR count). The summed E-state index contributed by atoms with van der Waals surface area (Å²) in [5.74, 6) is 0. The summed E-state index contributed by atoms with van der Waals surface area (Å²) in [7, 11) is 1.93. The van der Waals surface area contributed by atoms with Crippen LogP contribution in [0.25, 0.3) is 0 Å². The predicted octanol–water partition coefficient (Wildman–Crippen LogP) is 0.890. The molecule has 1 aromatic carbocycles. The van der Waals surface area contributed by atoms with Gasteiger partial charge >= 0.3 is 6.18 Å². The highest BCUT2D eigenvalue weighted by atomic mass is 19.4. The molecule has 0 bridgehead atoms. The molecular weight excluding hydrogens is 299 g/mol. The second kappa shape index (κ2) is 6.43. The van der Waals surface area contributed by atoms with Crippen LogP contribution < -0.4 is 15.3 Å². The SMILES string of the molecule is CN1CCN(c2ccc(CNC(=O)[O-])cc2C(F)(F)F)CC1. The van der Waals surface area contributed by atoms with Crippen molar-refractivity contribution in [3.8, 4) is 0 Å². The van der Waals surface area contributed by atoms with Gasteiger partial charge in [0.25, 0.3) is 0 Å². The zero-order chi connectivity index (χ0) is 16.3. The Labute approximate surface area is 126 Å². The van der Waals surface area contributed by atoms with Crippen LogP contribution in [0.1, 0.15) is 11.1 Å². The number of amides is 1. The van der Waals surface area contributed by atoms with Crippen LogP contribution in [0.2, 0.25) is 0 Å². The lowest BCUT2D eigenvalue weighted by Crippen LogP contribution is -2.45. The molecule has 1 heterocycles. The molecular formula is C14H17F3N3O2-. The summed E-state index contributed by atoms with van der Waals surface area (Å²) >= 11 is 0. The molecule has 22 heavy (non-hydrogen) atoms. The van der Waals surface area contributed by atoms with E-state index in [-0.39, 0.29) is 17.8 Å². The van der Waals surface area contributed by atoms with Gasteiger partial charge in [-0.15, -0.1) is 0 Å². The fraction of sp³-hybridized carbons (Fsp3) is 0.500. The van der Waals surface area contributed by atoms with Gasteiger partial charge in [0.2, 0.25) is 0 Å². The number of nitrogens with one attached hydrogen (secondary N) is 1. The molecule has 1 aliphatic rings. The summed E-state index contributed by atoms with van der Waals surface area (Å²) in [5.41, 5.74) is -0.359. The molecule has 0 atom stereocenters. The van der Waals surface area contributed by atoms with E-state index < -0.39 is 17.8 Å². The third-order valence-electron chi connectivity index (χ3n) is 3.65. The molecule has 122 valence electrons. The summed E-state index contributed by atoms with van der Waals surface area (Å²) in [5, 5.41) is 12.3. The molecule has 0 saturated carbocycles. The quantitative estimate of drug-likeness (QED) is 0.900. The Morgan fingerprint density at radius 2 is 1.91 bits per heavy atom. The Morgan fingerprint density at radius 3 is 2.45 bits per heavy atom. The summed E-state index contributed by atoms with van der Waals surface area (Å²) in [4.78, 5) is 14.1. The number of nitrogens with zero attached hydrogens (tertiary/aromatic N) is 2. The van der Waals surface area contributed by atoms with Crippen molar-refractivity contribution in [3.05, 3.63) is 29.3 Å². The molecule has 8 heteroatoms. The van der Waals surface area contributed by atoms with E-state index >= 15 is 0 Å². The number of piperazine rings is 1. The zero-order valence-corrected chi connectivity index (χ0v) is 12.1. The number of carbonyl (C=O) groups is 1. The Hall–Kier alpha value is -1.96. The lowest BCUT2D eigenvalue weighted by molar-refractivity contribution is -0.251. The summed E-state index contributed by atoms with van der Waals surface area (Å²) in [6.07, 6.45) is -6.01. The minimum atomic E-state index is -4.49. The smallest absolute Gasteiger partial charge is 0.418 e. The van der Waals surface area contributed by atoms with Gasteiger partial charge in [0, 0.05) is 38.4 Å². The average molecular weight is 316 g/mol. The van der Waals surface area contributed by atoms with Crippen LogP contribution in [0.5, 0.6) is 0 Å². The number of likely N-dealkylation sites (N-methyl/N-ethyl adjacent to an activating group) is 1. The molecule has 0 radical (unpaired) electrons. The first-order valence-electron chi connectivity index (χ1n) is 6.86. The maximum absolute atomic E-state index is 13.3. The van der Waals surface area contributed by atoms with Gasteiger partial charge in [0.15, 0.2) is 0 Å². The number of carbonyl (C=O) groups excluding carboxylic acids is 1. The Balaban J connectivity index is 2.27. The van der Waals surface area contributed by atoms with E-state index in [1.807, 2.05) is 12.4 Å². The van der Waals surface area contributed by atoms with E-state index in [1.165, 1.54) is 12.1 Å². The third-order valence-corrected chi connectivity index (χ3v) is 3.65. The number of anilines is 1. The van der Waals surface area contributed by atoms with Gasteiger partial charge in [-0.25, -0.2) is 0 Å². The number of rotatable bonds is 3. The van der Waals surface area contributed by atoms with Crippen molar-refractivity contribution in [1.82, 2.24) is 10.2 Å². The van der Waals surface area contributed by atoms with E-state index in [0.29, 0.717) is 26.2 Å². The molecule has 1 aromatic rings. The molecule has 0 spiro atoms. The highest BCUT2D eigenvalue weighted by molar-refractivity contribution is 5.62. The largest absolute Gasteiger partial charge is 0.530 e. The predicted molar refractivity (Wildman–Crippen MR) is 73.4 cm³/mol. The van der Waals surface area contributed by atoms with E-state index in [2.05, 4.69) is 4.90 Å². The van der Waals surface area contributed by atoms with Gasteiger partial charge < -0.3 is 25.0 Å². The number of hydrogen-bond acceptors (Lipinski definition) is 4. The van der Waals surface area contributed by atoms with Crippen LogP contribution >= 0.6 is 0 Å². The monoisotopic (exact) mass is 316 g/mol. The molecule has 1 fully saturated rings. The number of alkyl halides is 3. The van der Waals surface area contributed by atoms with Crippen molar-refractivity contribution in [2.75, 3.05) is 38.1 Å². The minimum absolute atomic E-state index is 0.137. The topological polar surface area (TPSA) is 58.6 Å². The van der Waals surface area contributed by atoms with Crippen LogP contribution in [0.3, 0.4) is 0 Å². The highest BCUT2D eigenvalue weighted by Crippen LogP contribution is 2.37.